The zero-order valence-corrected chi connectivity index (χ0v) is 10.2. The lowest BCUT2D eigenvalue weighted by molar-refractivity contribution is -0.138. The SMILES string of the molecule is CCCC[C@H](Nc1ccc(C(N)=O)cn1)C(=O)O. The number of hydrogen-bond donors (Lipinski definition) is 3. The maximum atomic E-state index is 11.0. The molecule has 0 saturated heterocycles. The number of nitrogens with two attached hydrogens (primary N) is 1. The quantitative estimate of drug-likeness (QED) is 0.676. The van der Waals surface area contributed by atoms with Gasteiger partial charge in [0.25, 0.3) is 0 Å². The molecule has 1 amide bonds. The number of nitrogens with zero attached hydrogens (tertiary/aromatic N) is 1. The van der Waals surface area contributed by atoms with E-state index in [1.807, 2.05) is 6.92 Å². The lowest BCUT2D eigenvalue weighted by Gasteiger charge is -2.14. The van der Waals surface area contributed by atoms with Crippen molar-refractivity contribution in [3.05, 3.63) is 23.9 Å². The van der Waals surface area contributed by atoms with Crippen LogP contribution in [0, 0.1) is 0 Å². The standard InChI is InChI=1S/C12H17N3O3/c1-2-3-4-9(12(17)18)15-10-6-5-8(7-14-10)11(13)16/h5-7,9H,2-4H2,1H3,(H2,13,16)(H,14,15)(H,17,18)/t9-/m0/s1. The molecule has 0 unspecified atom stereocenters. The molecule has 1 heterocycles. The van der Waals surface area contributed by atoms with Crippen molar-refractivity contribution >= 4 is 17.7 Å². The van der Waals surface area contributed by atoms with Crippen LogP contribution in [0.4, 0.5) is 5.82 Å². The zero-order valence-electron chi connectivity index (χ0n) is 10.2. The van der Waals surface area contributed by atoms with Crippen molar-refractivity contribution in [2.75, 3.05) is 5.32 Å². The van der Waals surface area contributed by atoms with Crippen molar-refractivity contribution in [1.29, 1.82) is 0 Å². The summed E-state index contributed by atoms with van der Waals surface area (Å²) < 4.78 is 0. The van der Waals surface area contributed by atoms with Crippen LogP contribution in [-0.2, 0) is 4.79 Å². The number of carbonyl (C=O) groups is 2. The van der Waals surface area contributed by atoms with Crippen LogP contribution in [-0.4, -0.2) is 28.0 Å². The van der Waals surface area contributed by atoms with E-state index in [2.05, 4.69) is 10.3 Å². The van der Waals surface area contributed by atoms with Crippen LogP contribution in [0.3, 0.4) is 0 Å². The molecule has 0 aliphatic heterocycles. The number of pyridine rings is 1. The summed E-state index contributed by atoms with van der Waals surface area (Å²) in [7, 11) is 0. The number of amides is 1. The van der Waals surface area contributed by atoms with E-state index in [4.69, 9.17) is 10.8 Å². The first-order valence-electron chi connectivity index (χ1n) is 5.79. The molecule has 0 radical (unpaired) electrons. The molecule has 4 N–H and O–H groups in total. The minimum atomic E-state index is -0.913. The smallest absolute Gasteiger partial charge is 0.326 e. The summed E-state index contributed by atoms with van der Waals surface area (Å²) in [6.07, 6.45) is 3.61. The van der Waals surface area contributed by atoms with Crippen molar-refractivity contribution in [1.82, 2.24) is 4.98 Å². The van der Waals surface area contributed by atoms with Gasteiger partial charge in [0, 0.05) is 6.20 Å². The maximum absolute atomic E-state index is 11.0. The number of aliphatic carboxylic acids is 1. The molecule has 6 nitrogen and oxygen atoms in total. The number of aromatic nitrogens is 1. The van der Waals surface area contributed by atoms with E-state index in [-0.39, 0.29) is 0 Å². The fourth-order valence-electron chi connectivity index (χ4n) is 1.47. The predicted molar refractivity (Wildman–Crippen MR) is 67.3 cm³/mol. The largest absolute Gasteiger partial charge is 0.480 e. The highest BCUT2D eigenvalue weighted by Gasteiger charge is 2.16. The molecule has 18 heavy (non-hydrogen) atoms. The molecule has 6 heteroatoms. The van der Waals surface area contributed by atoms with Gasteiger partial charge in [0.05, 0.1) is 5.56 Å². The van der Waals surface area contributed by atoms with Gasteiger partial charge in [-0.15, -0.1) is 0 Å². The Morgan fingerprint density at radius 3 is 2.67 bits per heavy atom. The van der Waals surface area contributed by atoms with Gasteiger partial charge in [-0.1, -0.05) is 19.8 Å². The van der Waals surface area contributed by atoms with Gasteiger partial charge < -0.3 is 16.2 Å². The number of anilines is 1. The Hall–Kier alpha value is -2.11. The second-order valence-corrected chi connectivity index (χ2v) is 3.97. The molecule has 0 bridgehead atoms. The summed E-state index contributed by atoms with van der Waals surface area (Å²) in [5.41, 5.74) is 5.38. The van der Waals surface area contributed by atoms with Gasteiger partial charge in [-0.05, 0) is 18.6 Å². The molecule has 0 saturated carbocycles. The van der Waals surface area contributed by atoms with E-state index < -0.39 is 17.9 Å². The fourth-order valence-corrected chi connectivity index (χ4v) is 1.47. The van der Waals surface area contributed by atoms with E-state index in [1.165, 1.54) is 12.3 Å². The average molecular weight is 251 g/mol. The van der Waals surface area contributed by atoms with Crippen LogP contribution >= 0.6 is 0 Å². The topological polar surface area (TPSA) is 105 Å². The molecule has 1 atom stereocenters. The van der Waals surface area contributed by atoms with Crippen LogP contribution in [0.5, 0.6) is 0 Å². The van der Waals surface area contributed by atoms with Gasteiger partial charge in [0.15, 0.2) is 0 Å². The first-order valence-corrected chi connectivity index (χ1v) is 5.79. The Morgan fingerprint density at radius 1 is 1.50 bits per heavy atom. The molecule has 1 aromatic rings. The highest BCUT2D eigenvalue weighted by Crippen LogP contribution is 2.10. The third-order valence-electron chi connectivity index (χ3n) is 2.51. The van der Waals surface area contributed by atoms with Crippen molar-refractivity contribution < 1.29 is 14.7 Å². The number of carboxylic acids is 1. The minimum absolute atomic E-state index is 0.293. The molecule has 0 aliphatic carbocycles. The number of unbranched alkanes of at least 4 members (excludes halogenated alkanes) is 1. The first-order chi connectivity index (χ1) is 8.54. The van der Waals surface area contributed by atoms with Crippen LogP contribution in [0.25, 0.3) is 0 Å². The number of nitrogens with one attached hydrogen (secondary N) is 1. The summed E-state index contributed by atoms with van der Waals surface area (Å²) in [4.78, 5) is 25.8. The molecule has 0 fully saturated rings. The zero-order chi connectivity index (χ0) is 13.5. The third-order valence-corrected chi connectivity index (χ3v) is 2.51. The van der Waals surface area contributed by atoms with Gasteiger partial charge in [0.1, 0.15) is 11.9 Å². The van der Waals surface area contributed by atoms with Crippen molar-refractivity contribution in [3.8, 4) is 0 Å². The van der Waals surface area contributed by atoms with E-state index >= 15 is 0 Å². The van der Waals surface area contributed by atoms with Crippen molar-refractivity contribution in [2.45, 2.75) is 32.2 Å². The summed E-state index contributed by atoms with van der Waals surface area (Å²) >= 11 is 0. The van der Waals surface area contributed by atoms with E-state index in [0.29, 0.717) is 17.8 Å². The molecule has 1 rings (SSSR count). The fraction of sp³-hybridized carbons (Fsp3) is 0.417. The number of carboxylic acid groups (broad SMARTS) is 1. The monoisotopic (exact) mass is 251 g/mol. The Balaban J connectivity index is 2.68. The molecular weight excluding hydrogens is 234 g/mol. The van der Waals surface area contributed by atoms with Gasteiger partial charge in [-0.3, -0.25) is 4.79 Å². The van der Waals surface area contributed by atoms with Crippen molar-refractivity contribution in [2.24, 2.45) is 5.73 Å². The van der Waals surface area contributed by atoms with Crippen LogP contribution < -0.4 is 11.1 Å². The Bertz CT molecular complexity index is 417. The molecule has 1 aromatic heterocycles. The number of hydrogen-bond acceptors (Lipinski definition) is 4. The number of primary amides is 1. The Kier molecular flexibility index (Phi) is 5.10. The Morgan fingerprint density at radius 2 is 2.22 bits per heavy atom. The molecule has 0 aliphatic rings. The summed E-state index contributed by atoms with van der Waals surface area (Å²) in [6.45, 7) is 2.00. The molecule has 0 spiro atoms. The highest BCUT2D eigenvalue weighted by molar-refractivity contribution is 5.92. The van der Waals surface area contributed by atoms with Gasteiger partial charge in [-0.25, -0.2) is 9.78 Å². The summed E-state index contributed by atoms with van der Waals surface area (Å²) in [6, 6.07) is 2.38. The van der Waals surface area contributed by atoms with Crippen LogP contribution in [0.2, 0.25) is 0 Å². The van der Waals surface area contributed by atoms with E-state index in [9.17, 15) is 9.59 Å². The highest BCUT2D eigenvalue weighted by atomic mass is 16.4. The third kappa shape index (κ3) is 4.04. The average Bonchev–Trinajstić information content (AvgIpc) is 2.34. The van der Waals surface area contributed by atoms with Crippen LogP contribution in [0.1, 0.15) is 36.5 Å². The minimum Gasteiger partial charge on any atom is -0.480 e. The Labute approximate surface area is 105 Å². The summed E-state index contributed by atoms with van der Waals surface area (Å²) in [5.74, 6) is -1.05. The van der Waals surface area contributed by atoms with Crippen LogP contribution in [0.15, 0.2) is 18.3 Å². The lowest BCUT2D eigenvalue weighted by Crippen LogP contribution is -2.29. The van der Waals surface area contributed by atoms with Gasteiger partial charge in [-0.2, -0.15) is 0 Å². The van der Waals surface area contributed by atoms with Crippen molar-refractivity contribution in [3.63, 3.8) is 0 Å². The van der Waals surface area contributed by atoms with E-state index in [1.54, 1.807) is 6.07 Å². The maximum Gasteiger partial charge on any atom is 0.326 e. The lowest BCUT2D eigenvalue weighted by atomic mass is 10.1. The second-order valence-electron chi connectivity index (χ2n) is 3.97. The van der Waals surface area contributed by atoms with E-state index in [0.717, 1.165) is 12.8 Å². The van der Waals surface area contributed by atoms with Gasteiger partial charge in [0.2, 0.25) is 5.91 Å². The number of rotatable bonds is 7. The molecule has 0 aromatic carbocycles. The first kappa shape index (κ1) is 14.0. The number of carbonyl (C=O) groups excluding carboxylic acids is 1. The summed E-state index contributed by atoms with van der Waals surface area (Å²) in [5, 5.41) is 11.9. The van der Waals surface area contributed by atoms with Gasteiger partial charge >= 0.3 is 5.97 Å². The predicted octanol–water partition coefficient (Wildman–Crippen LogP) is 1.24. The molecule has 98 valence electrons. The normalized spacial score (nSPS) is 11.8. The second kappa shape index (κ2) is 6.58. The molecular formula is C12H17N3O3.